The van der Waals surface area contributed by atoms with Crippen molar-refractivity contribution in [1.29, 1.82) is 0 Å². The maximum atomic E-state index is 13.8. The average Bonchev–Trinajstić information content (AvgIpc) is 2.72. The summed E-state index contributed by atoms with van der Waals surface area (Å²) in [6.07, 6.45) is 1.93. The van der Waals surface area contributed by atoms with Gasteiger partial charge in [-0.2, -0.15) is 0 Å². The van der Waals surface area contributed by atoms with E-state index in [0.29, 0.717) is 11.4 Å². The van der Waals surface area contributed by atoms with Crippen LogP contribution in [-0.4, -0.2) is 4.57 Å². The first-order valence-electron chi connectivity index (χ1n) is 6.02. The van der Waals surface area contributed by atoms with Crippen molar-refractivity contribution in [3.05, 3.63) is 54.5 Å². The molecular formula is C15H14FN3. The highest BCUT2D eigenvalue weighted by atomic mass is 19.1. The highest BCUT2D eigenvalue weighted by Gasteiger charge is 2.10. The number of halogens is 1. The number of aromatic nitrogens is 1. The van der Waals surface area contributed by atoms with Crippen molar-refractivity contribution in [1.82, 2.24) is 4.57 Å². The lowest BCUT2D eigenvalue weighted by Gasteiger charge is -2.09. The highest BCUT2D eigenvalue weighted by molar-refractivity contribution is 5.95. The zero-order valence-electron chi connectivity index (χ0n) is 10.5. The highest BCUT2D eigenvalue weighted by Crippen LogP contribution is 2.31. The minimum Gasteiger partial charge on any atom is -0.397 e. The molecule has 1 heterocycles. The van der Waals surface area contributed by atoms with Gasteiger partial charge in [-0.15, -0.1) is 0 Å². The van der Waals surface area contributed by atoms with Gasteiger partial charge in [-0.25, -0.2) is 4.39 Å². The van der Waals surface area contributed by atoms with Crippen LogP contribution in [0.15, 0.2) is 48.7 Å². The van der Waals surface area contributed by atoms with Gasteiger partial charge in [0.15, 0.2) is 0 Å². The molecule has 0 unspecified atom stereocenters. The van der Waals surface area contributed by atoms with Crippen molar-refractivity contribution in [3.8, 4) is 0 Å². The summed E-state index contributed by atoms with van der Waals surface area (Å²) < 4.78 is 15.8. The molecule has 0 saturated carbocycles. The van der Waals surface area contributed by atoms with Gasteiger partial charge in [0.2, 0.25) is 0 Å². The Morgan fingerprint density at radius 2 is 1.89 bits per heavy atom. The molecule has 4 heteroatoms. The molecule has 0 aliphatic carbocycles. The fourth-order valence-electron chi connectivity index (χ4n) is 2.25. The number of para-hydroxylation sites is 2. The van der Waals surface area contributed by atoms with Gasteiger partial charge in [0.05, 0.1) is 17.1 Å². The van der Waals surface area contributed by atoms with Crippen LogP contribution in [-0.2, 0) is 7.05 Å². The van der Waals surface area contributed by atoms with Crippen LogP contribution >= 0.6 is 0 Å². The summed E-state index contributed by atoms with van der Waals surface area (Å²) >= 11 is 0. The van der Waals surface area contributed by atoms with Crippen molar-refractivity contribution in [2.24, 2.45) is 7.05 Å². The second-order valence-electron chi connectivity index (χ2n) is 4.50. The number of aryl methyl sites for hydroxylation is 1. The number of hydrogen-bond acceptors (Lipinski definition) is 2. The fraction of sp³-hybridized carbons (Fsp3) is 0.0667. The molecule has 1 aromatic heterocycles. The molecular weight excluding hydrogens is 241 g/mol. The number of nitrogens with two attached hydrogens (primary N) is 1. The SMILES string of the molecule is Cn1cc(Nc2c(N)cccc2F)c2ccccc21. The van der Waals surface area contributed by atoms with Crippen LogP contribution in [0.25, 0.3) is 10.9 Å². The Morgan fingerprint density at radius 1 is 1.11 bits per heavy atom. The van der Waals surface area contributed by atoms with Crippen molar-refractivity contribution in [2.75, 3.05) is 11.1 Å². The lowest BCUT2D eigenvalue weighted by molar-refractivity contribution is 0.632. The van der Waals surface area contributed by atoms with Crippen LogP contribution in [0.2, 0.25) is 0 Å². The van der Waals surface area contributed by atoms with Crippen molar-refractivity contribution in [2.45, 2.75) is 0 Å². The van der Waals surface area contributed by atoms with Gasteiger partial charge in [0, 0.05) is 24.1 Å². The Bertz CT molecular complexity index is 726. The van der Waals surface area contributed by atoms with Crippen molar-refractivity contribution < 1.29 is 4.39 Å². The summed E-state index contributed by atoms with van der Waals surface area (Å²) in [5.74, 6) is -0.354. The van der Waals surface area contributed by atoms with E-state index in [1.807, 2.05) is 42.1 Å². The molecule has 0 amide bonds. The monoisotopic (exact) mass is 255 g/mol. The third-order valence-electron chi connectivity index (χ3n) is 3.20. The molecule has 0 aliphatic rings. The smallest absolute Gasteiger partial charge is 0.148 e. The van der Waals surface area contributed by atoms with E-state index in [-0.39, 0.29) is 5.82 Å². The molecule has 0 spiro atoms. The van der Waals surface area contributed by atoms with Gasteiger partial charge >= 0.3 is 0 Å². The third-order valence-corrected chi connectivity index (χ3v) is 3.20. The molecule has 2 aromatic carbocycles. The molecule has 19 heavy (non-hydrogen) atoms. The molecule has 0 bridgehead atoms. The number of hydrogen-bond donors (Lipinski definition) is 2. The molecule has 0 atom stereocenters. The summed E-state index contributed by atoms with van der Waals surface area (Å²) in [6.45, 7) is 0. The van der Waals surface area contributed by atoms with Gasteiger partial charge in [0.25, 0.3) is 0 Å². The second-order valence-corrected chi connectivity index (χ2v) is 4.50. The lowest BCUT2D eigenvalue weighted by atomic mass is 10.2. The number of anilines is 3. The van der Waals surface area contributed by atoms with Gasteiger partial charge in [0.1, 0.15) is 5.82 Å². The van der Waals surface area contributed by atoms with Crippen LogP contribution in [0.5, 0.6) is 0 Å². The number of nitrogens with zero attached hydrogens (tertiary/aromatic N) is 1. The van der Waals surface area contributed by atoms with E-state index in [2.05, 4.69) is 5.32 Å². The molecule has 96 valence electrons. The van der Waals surface area contributed by atoms with Gasteiger partial charge in [-0.05, 0) is 18.2 Å². The standard InChI is InChI=1S/C15H14FN3/c1-19-9-13(10-5-2-3-8-14(10)19)18-15-11(16)6-4-7-12(15)17/h2-9,18H,17H2,1H3. The Balaban J connectivity index is 2.11. The second kappa shape index (κ2) is 4.31. The fourth-order valence-corrected chi connectivity index (χ4v) is 2.25. The molecule has 3 aromatic rings. The van der Waals surface area contributed by atoms with Crippen LogP contribution in [0.3, 0.4) is 0 Å². The Hall–Kier alpha value is -2.49. The van der Waals surface area contributed by atoms with E-state index < -0.39 is 0 Å². The average molecular weight is 255 g/mol. The topological polar surface area (TPSA) is 43.0 Å². The molecule has 0 aliphatic heterocycles. The Kier molecular flexibility index (Phi) is 2.63. The van der Waals surface area contributed by atoms with E-state index in [0.717, 1.165) is 16.6 Å². The summed E-state index contributed by atoms with van der Waals surface area (Å²) in [5, 5.41) is 4.12. The molecule has 0 radical (unpaired) electrons. The van der Waals surface area contributed by atoms with Gasteiger partial charge < -0.3 is 15.6 Å². The van der Waals surface area contributed by atoms with Crippen LogP contribution in [0, 0.1) is 5.82 Å². The third kappa shape index (κ3) is 1.91. The molecule has 3 nitrogen and oxygen atoms in total. The van der Waals surface area contributed by atoms with Crippen molar-refractivity contribution in [3.63, 3.8) is 0 Å². The van der Waals surface area contributed by atoms with Crippen LogP contribution < -0.4 is 11.1 Å². The quantitative estimate of drug-likeness (QED) is 0.686. The number of nitrogen functional groups attached to an aromatic ring is 1. The molecule has 3 rings (SSSR count). The summed E-state index contributed by atoms with van der Waals surface area (Å²) in [6, 6.07) is 12.6. The first-order valence-corrected chi connectivity index (χ1v) is 6.02. The Morgan fingerprint density at radius 3 is 2.68 bits per heavy atom. The van der Waals surface area contributed by atoms with Crippen molar-refractivity contribution >= 4 is 28.0 Å². The largest absolute Gasteiger partial charge is 0.397 e. The van der Waals surface area contributed by atoms with E-state index in [9.17, 15) is 4.39 Å². The maximum absolute atomic E-state index is 13.8. The number of fused-ring (bicyclic) bond motifs is 1. The predicted octanol–water partition coefficient (Wildman–Crippen LogP) is 3.64. The minimum absolute atomic E-state index is 0.318. The van der Waals surface area contributed by atoms with E-state index in [1.54, 1.807) is 12.1 Å². The van der Waals surface area contributed by atoms with E-state index in [4.69, 9.17) is 5.73 Å². The molecule has 0 fully saturated rings. The van der Waals surface area contributed by atoms with Gasteiger partial charge in [-0.1, -0.05) is 24.3 Å². The minimum atomic E-state index is -0.354. The molecule has 3 N–H and O–H groups in total. The first-order chi connectivity index (χ1) is 9.16. The van der Waals surface area contributed by atoms with Gasteiger partial charge in [-0.3, -0.25) is 0 Å². The maximum Gasteiger partial charge on any atom is 0.148 e. The van der Waals surface area contributed by atoms with Crippen LogP contribution in [0.1, 0.15) is 0 Å². The number of rotatable bonds is 2. The zero-order valence-corrected chi connectivity index (χ0v) is 10.5. The van der Waals surface area contributed by atoms with Crippen LogP contribution in [0.4, 0.5) is 21.5 Å². The summed E-state index contributed by atoms with van der Waals surface area (Å²) in [4.78, 5) is 0. The number of nitrogens with one attached hydrogen (secondary N) is 1. The Labute approximate surface area is 110 Å². The lowest BCUT2D eigenvalue weighted by Crippen LogP contribution is -1.98. The van der Waals surface area contributed by atoms with E-state index in [1.165, 1.54) is 6.07 Å². The first kappa shape index (κ1) is 11.6. The normalized spacial score (nSPS) is 10.8. The van der Waals surface area contributed by atoms with E-state index >= 15 is 0 Å². The summed E-state index contributed by atoms with van der Waals surface area (Å²) in [7, 11) is 1.96. The molecule has 0 saturated heterocycles. The predicted molar refractivity (Wildman–Crippen MR) is 77.0 cm³/mol. The zero-order chi connectivity index (χ0) is 13.4. The number of benzene rings is 2. The summed E-state index contributed by atoms with van der Waals surface area (Å²) in [5.41, 5.74) is 8.45.